The van der Waals surface area contributed by atoms with Crippen molar-refractivity contribution in [1.82, 2.24) is 10.6 Å². The van der Waals surface area contributed by atoms with Gasteiger partial charge in [-0.1, -0.05) is 18.2 Å². The van der Waals surface area contributed by atoms with Crippen LogP contribution in [0.3, 0.4) is 0 Å². The van der Waals surface area contributed by atoms with Crippen LogP contribution in [-0.2, 0) is 22.6 Å². The van der Waals surface area contributed by atoms with E-state index in [-0.39, 0.29) is 22.9 Å². The number of carboxylic acid groups (broad SMARTS) is 1. The minimum Gasteiger partial charge on any atom is -0.493 e. The zero-order valence-electron chi connectivity index (χ0n) is 17.1. The Morgan fingerprint density at radius 3 is 2.38 bits per heavy atom. The number of hydrogen-bond donors (Lipinski definition) is 3. The number of carboxylic acids is 1. The Bertz CT molecular complexity index is 1120. The van der Waals surface area contributed by atoms with Gasteiger partial charge in [0.2, 0.25) is 0 Å². The van der Waals surface area contributed by atoms with Crippen LogP contribution in [0.15, 0.2) is 54.6 Å². The molecule has 9 heteroatoms. The van der Waals surface area contributed by atoms with Crippen molar-refractivity contribution in [3.05, 3.63) is 76.9 Å². The predicted octanol–water partition coefficient (Wildman–Crippen LogP) is 2.62. The lowest BCUT2D eigenvalue weighted by Gasteiger charge is -2.18. The van der Waals surface area contributed by atoms with Crippen molar-refractivity contribution in [3.63, 3.8) is 0 Å². The van der Waals surface area contributed by atoms with Gasteiger partial charge in [0.05, 0.1) is 12.7 Å². The molecule has 2 amide bonds. The van der Waals surface area contributed by atoms with E-state index in [2.05, 4.69) is 17.2 Å². The molecule has 0 radical (unpaired) electrons. The van der Waals surface area contributed by atoms with Gasteiger partial charge in [0.25, 0.3) is 11.8 Å². The Hall–Kier alpha value is -3.98. The molecule has 1 heterocycles. The lowest BCUT2D eigenvalue weighted by molar-refractivity contribution is -0.123. The predicted molar refractivity (Wildman–Crippen MR) is 121 cm³/mol. The minimum absolute atomic E-state index is 0.0396. The number of carbonyl (C=O) groups excluding carboxylic acids is 2. The molecule has 1 aliphatic rings. The molecular formula is C23H20N2O6S. The van der Waals surface area contributed by atoms with Crippen LogP contribution in [0.5, 0.6) is 11.5 Å². The maximum atomic E-state index is 12.1. The van der Waals surface area contributed by atoms with E-state index >= 15 is 0 Å². The van der Waals surface area contributed by atoms with Gasteiger partial charge in [-0.15, -0.1) is 6.58 Å². The van der Waals surface area contributed by atoms with Crippen molar-refractivity contribution in [2.24, 2.45) is 0 Å². The van der Waals surface area contributed by atoms with E-state index in [0.717, 1.165) is 11.1 Å². The molecule has 2 aromatic rings. The summed E-state index contributed by atoms with van der Waals surface area (Å²) in [7, 11) is 1.48. The number of amides is 2. The first-order chi connectivity index (χ1) is 15.3. The van der Waals surface area contributed by atoms with E-state index in [1.165, 1.54) is 25.3 Å². The van der Waals surface area contributed by atoms with Crippen LogP contribution in [-0.4, -0.2) is 35.1 Å². The van der Waals surface area contributed by atoms with Crippen LogP contribution in [0.25, 0.3) is 6.08 Å². The third-order valence-corrected chi connectivity index (χ3v) is 4.78. The van der Waals surface area contributed by atoms with E-state index in [4.69, 9.17) is 26.8 Å². The molecule has 164 valence electrons. The highest BCUT2D eigenvalue weighted by molar-refractivity contribution is 7.80. The summed E-state index contributed by atoms with van der Waals surface area (Å²) >= 11 is 4.81. The van der Waals surface area contributed by atoms with Gasteiger partial charge in [-0.25, -0.2) is 4.79 Å². The summed E-state index contributed by atoms with van der Waals surface area (Å²) < 4.78 is 11.5. The third kappa shape index (κ3) is 5.19. The van der Waals surface area contributed by atoms with E-state index in [1.54, 1.807) is 30.3 Å². The quantitative estimate of drug-likeness (QED) is 0.244. The van der Waals surface area contributed by atoms with Gasteiger partial charge < -0.3 is 14.6 Å². The molecule has 0 aromatic heterocycles. The maximum absolute atomic E-state index is 12.1. The fourth-order valence-electron chi connectivity index (χ4n) is 3.06. The first-order valence-electron chi connectivity index (χ1n) is 9.47. The van der Waals surface area contributed by atoms with Crippen molar-refractivity contribution in [2.75, 3.05) is 7.11 Å². The number of aromatic carboxylic acids is 1. The summed E-state index contributed by atoms with van der Waals surface area (Å²) in [5, 5.41) is 13.8. The molecule has 2 aromatic carbocycles. The van der Waals surface area contributed by atoms with Gasteiger partial charge in [-0.3, -0.25) is 20.2 Å². The molecule has 3 rings (SSSR count). The smallest absolute Gasteiger partial charge is 0.335 e. The van der Waals surface area contributed by atoms with Crippen molar-refractivity contribution < 1.29 is 29.0 Å². The normalized spacial score (nSPS) is 13.2. The molecule has 3 N–H and O–H groups in total. The first-order valence-corrected chi connectivity index (χ1v) is 9.88. The highest BCUT2D eigenvalue weighted by Gasteiger charge is 2.26. The molecule has 8 nitrogen and oxygen atoms in total. The van der Waals surface area contributed by atoms with Crippen molar-refractivity contribution in [2.45, 2.75) is 13.0 Å². The van der Waals surface area contributed by atoms with E-state index < -0.39 is 17.8 Å². The second-order valence-electron chi connectivity index (χ2n) is 6.79. The van der Waals surface area contributed by atoms with Crippen LogP contribution >= 0.6 is 12.2 Å². The summed E-state index contributed by atoms with van der Waals surface area (Å²) in [4.78, 5) is 35.3. The third-order valence-electron chi connectivity index (χ3n) is 4.58. The fourth-order valence-corrected chi connectivity index (χ4v) is 3.25. The van der Waals surface area contributed by atoms with Gasteiger partial charge in [0, 0.05) is 5.56 Å². The van der Waals surface area contributed by atoms with Crippen molar-refractivity contribution in [1.29, 1.82) is 0 Å². The van der Waals surface area contributed by atoms with Crippen LogP contribution < -0.4 is 20.1 Å². The Morgan fingerprint density at radius 1 is 1.16 bits per heavy atom. The molecule has 32 heavy (non-hydrogen) atoms. The number of nitrogens with one attached hydrogen (secondary N) is 2. The summed E-state index contributed by atoms with van der Waals surface area (Å²) in [6.07, 6.45) is 3.58. The van der Waals surface area contributed by atoms with E-state index in [0.29, 0.717) is 23.5 Å². The highest BCUT2D eigenvalue weighted by atomic mass is 32.1. The second kappa shape index (κ2) is 9.88. The highest BCUT2D eigenvalue weighted by Crippen LogP contribution is 2.35. The topological polar surface area (TPSA) is 114 Å². The number of benzene rings is 2. The Morgan fingerprint density at radius 2 is 1.81 bits per heavy atom. The summed E-state index contributed by atoms with van der Waals surface area (Å²) in [6.45, 7) is 3.95. The summed E-state index contributed by atoms with van der Waals surface area (Å²) in [5.41, 5.74) is 2.18. The van der Waals surface area contributed by atoms with Crippen molar-refractivity contribution in [3.8, 4) is 11.5 Å². The number of rotatable bonds is 8. The number of thiocarbonyl (C=S) groups is 1. The first kappa shape index (κ1) is 22.7. The lowest BCUT2D eigenvalue weighted by atomic mass is 10.0. The Balaban J connectivity index is 1.91. The standard InChI is InChI=1S/C23H20N2O6S/c1-3-4-16-9-14(10-17-20(26)24-23(32)25-21(17)27)11-18(30-2)19(16)31-12-13-5-7-15(8-6-13)22(28)29/h3,5-11H,1,4,12H2,2H3,(H,28,29)(H2,24,25,26,27,32). The minimum atomic E-state index is -1.00. The van der Waals surface area contributed by atoms with Crippen LogP contribution in [0.2, 0.25) is 0 Å². The number of carbonyl (C=O) groups is 3. The molecular weight excluding hydrogens is 432 g/mol. The zero-order chi connectivity index (χ0) is 23.3. The van der Waals surface area contributed by atoms with Gasteiger partial charge in [0.15, 0.2) is 16.6 Å². The molecule has 0 bridgehead atoms. The van der Waals surface area contributed by atoms with Crippen LogP contribution in [0, 0.1) is 0 Å². The lowest BCUT2D eigenvalue weighted by Crippen LogP contribution is -2.51. The van der Waals surface area contributed by atoms with E-state index in [1.807, 2.05) is 0 Å². The molecule has 0 unspecified atom stereocenters. The monoisotopic (exact) mass is 452 g/mol. The summed E-state index contributed by atoms with van der Waals surface area (Å²) in [6, 6.07) is 9.77. The largest absolute Gasteiger partial charge is 0.493 e. The molecule has 1 saturated heterocycles. The maximum Gasteiger partial charge on any atom is 0.335 e. The van der Waals surface area contributed by atoms with E-state index in [9.17, 15) is 14.4 Å². The second-order valence-corrected chi connectivity index (χ2v) is 7.20. The zero-order valence-corrected chi connectivity index (χ0v) is 18.0. The average molecular weight is 452 g/mol. The van der Waals surface area contributed by atoms with Crippen LogP contribution in [0.1, 0.15) is 27.0 Å². The molecule has 0 aliphatic carbocycles. The van der Waals surface area contributed by atoms with Gasteiger partial charge >= 0.3 is 5.97 Å². The number of allylic oxidation sites excluding steroid dienone is 1. The molecule has 1 aliphatic heterocycles. The molecule has 0 saturated carbocycles. The van der Waals surface area contributed by atoms with Gasteiger partial charge in [-0.2, -0.15) is 0 Å². The number of methoxy groups -OCH3 is 1. The average Bonchev–Trinajstić information content (AvgIpc) is 2.75. The Labute approximate surface area is 189 Å². The Kier molecular flexibility index (Phi) is 7.01. The molecule has 0 atom stereocenters. The number of hydrogen-bond acceptors (Lipinski definition) is 6. The SMILES string of the molecule is C=CCc1cc(C=C2C(=O)NC(=S)NC2=O)cc(OC)c1OCc1ccc(C(=O)O)cc1. The molecule has 1 fully saturated rings. The summed E-state index contributed by atoms with van der Waals surface area (Å²) in [5.74, 6) is -1.29. The molecule has 0 spiro atoms. The van der Waals surface area contributed by atoms with Crippen LogP contribution in [0.4, 0.5) is 0 Å². The fraction of sp³-hybridized carbons (Fsp3) is 0.130. The van der Waals surface area contributed by atoms with Gasteiger partial charge in [-0.05, 0) is 60.1 Å². The number of ether oxygens (including phenoxy) is 2. The van der Waals surface area contributed by atoms with Crippen molar-refractivity contribution >= 4 is 41.2 Å². The van der Waals surface area contributed by atoms with Gasteiger partial charge in [0.1, 0.15) is 12.2 Å².